The molecule has 1 fully saturated rings. The molecule has 112 valence electrons. The summed E-state index contributed by atoms with van der Waals surface area (Å²) in [6.07, 6.45) is 1.61. The third kappa shape index (κ3) is 2.81. The van der Waals surface area contributed by atoms with Crippen LogP contribution >= 0.6 is 11.6 Å². The summed E-state index contributed by atoms with van der Waals surface area (Å²) in [6, 6.07) is 5.65. The lowest BCUT2D eigenvalue weighted by Crippen LogP contribution is -2.52. The normalized spacial score (nSPS) is 21.0. The number of aromatic nitrogens is 2. The first kappa shape index (κ1) is 14.5. The molecule has 2 heterocycles. The van der Waals surface area contributed by atoms with Crippen LogP contribution in [0.2, 0.25) is 5.02 Å². The summed E-state index contributed by atoms with van der Waals surface area (Å²) in [5.41, 5.74) is 0.554. The van der Waals surface area contributed by atoms with E-state index in [-0.39, 0.29) is 5.56 Å². The molecule has 1 saturated heterocycles. The van der Waals surface area contributed by atoms with Crippen LogP contribution in [-0.4, -0.2) is 59.1 Å². The second kappa shape index (κ2) is 5.75. The van der Waals surface area contributed by atoms with Crippen LogP contribution in [0.25, 0.3) is 10.9 Å². The van der Waals surface area contributed by atoms with Crippen LogP contribution in [-0.2, 0) is 6.54 Å². The Morgan fingerprint density at radius 2 is 2.14 bits per heavy atom. The Labute approximate surface area is 128 Å². The van der Waals surface area contributed by atoms with Crippen LogP contribution in [0.15, 0.2) is 29.3 Å². The Bertz CT molecular complexity index is 714. The molecule has 0 radical (unpaired) electrons. The van der Waals surface area contributed by atoms with Gasteiger partial charge in [-0.2, -0.15) is 0 Å². The maximum Gasteiger partial charge on any atom is 0.261 e. The van der Waals surface area contributed by atoms with Crippen LogP contribution < -0.4 is 5.56 Å². The molecule has 1 aromatic heterocycles. The molecule has 0 N–H and O–H groups in total. The molecule has 1 aliphatic rings. The van der Waals surface area contributed by atoms with Gasteiger partial charge in [0.15, 0.2) is 0 Å². The van der Waals surface area contributed by atoms with Gasteiger partial charge in [-0.15, -0.1) is 0 Å². The molecule has 1 aromatic carbocycles. The van der Waals surface area contributed by atoms with E-state index in [2.05, 4.69) is 28.9 Å². The van der Waals surface area contributed by atoms with Crippen molar-refractivity contribution in [1.29, 1.82) is 0 Å². The Balaban J connectivity index is 1.94. The molecule has 6 heteroatoms. The second-order valence-corrected chi connectivity index (χ2v) is 6.14. The van der Waals surface area contributed by atoms with Gasteiger partial charge >= 0.3 is 0 Å². The van der Waals surface area contributed by atoms with Crippen molar-refractivity contribution in [2.45, 2.75) is 12.6 Å². The third-order valence-electron chi connectivity index (χ3n) is 4.19. The van der Waals surface area contributed by atoms with E-state index in [0.29, 0.717) is 28.5 Å². The monoisotopic (exact) mass is 306 g/mol. The first-order chi connectivity index (χ1) is 10.1. The van der Waals surface area contributed by atoms with Gasteiger partial charge in [-0.3, -0.25) is 14.3 Å². The van der Waals surface area contributed by atoms with E-state index in [4.69, 9.17) is 11.6 Å². The van der Waals surface area contributed by atoms with Crippen molar-refractivity contribution in [2.24, 2.45) is 0 Å². The van der Waals surface area contributed by atoms with E-state index < -0.39 is 0 Å². The van der Waals surface area contributed by atoms with Crippen molar-refractivity contribution in [1.82, 2.24) is 19.4 Å². The first-order valence-electron chi connectivity index (χ1n) is 7.08. The Hall–Kier alpha value is -1.43. The summed E-state index contributed by atoms with van der Waals surface area (Å²) >= 11 is 6.09. The van der Waals surface area contributed by atoms with Crippen LogP contribution in [0.4, 0.5) is 0 Å². The lowest BCUT2D eigenvalue weighted by molar-refractivity contribution is 0.102. The van der Waals surface area contributed by atoms with Crippen LogP contribution in [0, 0.1) is 0 Å². The third-order valence-corrected chi connectivity index (χ3v) is 4.50. The predicted molar refractivity (Wildman–Crippen MR) is 84.9 cm³/mol. The molecular weight excluding hydrogens is 288 g/mol. The van der Waals surface area contributed by atoms with Crippen molar-refractivity contribution in [3.8, 4) is 0 Å². The van der Waals surface area contributed by atoms with Gasteiger partial charge in [-0.25, -0.2) is 4.98 Å². The minimum Gasteiger partial charge on any atom is -0.303 e. The maximum absolute atomic E-state index is 12.6. The SMILES string of the molecule is CN1CCN(C)C(Cn2cnc3c(Cl)cccc3c2=O)C1. The predicted octanol–water partition coefficient (Wildman–Crippen LogP) is 1.30. The molecule has 0 aliphatic carbocycles. The summed E-state index contributed by atoms with van der Waals surface area (Å²) < 4.78 is 1.69. The number of hydrogen-bond acceptors (Lipinski definition) is 4. The number of rotatable bonds is 2. The van der Waals surface area contributed by atoms with Crippen LogP contribution in [0.5, 0.6) is 0 Å². The minimum absolute atomic E-state index is 0.0240. The van der Waals surface area contributed by atoms with E-state index in [9.17, 15) is 4.79 Å². The highest BCUT2D eigenvalue weighted by atomic mass is 35.5. The van der Waals surface area contributed by atoms with Crippen molar-refractivity contribution >= 4 is 22.5 Å². The molecule has 0 amide bonds. The van der Waals surface area contributed by atoms with Crippen molar-refractivity contribution < 1.29 is 0 Å². The highest BCUT2D eigenvalue weighted by Crippen LogP contribution is 2.18. The van der Waals surface area contributed by atoms with Gasteiger partial charge in [0.1, 0.15) is 0 Å². The van der Waals surface area contributed by atoms with E-state index in [0.717, 1.165) is 19.6 Å². The molecule has 0 spiro atoms. The smallest absolute Gasteiger partial charge is 0.261 e. The molecule has 2 aromatic rings. The fraction of sp³-hybridized carbons (Fsp3) is 0.467. The van der Waals surface area contributed by atoms with Crippen molar-refractivity contribution in [3.63, 3.8) is 0 Å². The number of piperazine rings is 1. The van der Waals surface area contributed by atoms with Crippen LogP contribution in [0.1, 0.15) is 0 Å². The second-order valence-electron chi connectivity index (χ2n) is 5.73. The van der Waals surface area contributed by atoms with Crippen molar-refractivity contribution in [2.75, 3.05) is 33.7 Å². The zero-order valence-corrected chi connectivity index (χ0v) is 13.0. The van der Waals surface area contributed by atoms with Gasteiger partial charge in [-0.1, -0.05) is 17.7 Å². The van der Waals surface area contributed by atoms with E-state index in [1.54, 1.807) is 29.1 Å². The van der Waals surface area contributed by atoms with Gasteiger partial charge in [0.25, 0.3) is 5.56 Å². The maximum atomic E-state index is 12.6. The highest BCUT2D eigenvalue weighted by molar-refractivity contribution is 6.34. The molecule has 21 heavy (non-hydrogen) atoms. The summed E-state index contributed by atoms with van der Waals surface area (Å²) in [5.74, 6) is 0. The largest absolute Gasteiger partial charge is 0.303 e. The minimum atomic E-state index is -0.0240. The zero-order valence-electron chi connectivity index (χ0n) is 12.3. The number of benzene rings is 1. The summed E-state index contributed by atoms with van der Waals surface area (Å²) in [5, 5.41) is 1.10. The average Bonchev–Trinajstić information content (AvgIpc) is 2.46. The fourth-order valence-corrected chi connectivity index (χ4v) is 3.03. The molecular formula is C15H19ClN4O. The molecule has 0 bridgehead atoms. The number of fused-ring (bicyclic) bond motifs is 1. The molecule has 1 atom stereocenters. The zero-order chi connectivity index (χ0) is 15.0. The summed E-state index contributed by atoms with van der Waals surface area (Å²) in [7, 11) is 4.22. The highest BCUT2D eigenvalue weighted by Gasteiger charge is 2.23. The number of nitrogens with zero attached hydrogens (tertiary/aromatic N) is 4. The molecule has 5 nitrogen and oxygen atoms in total. The Morgan fingerprint density at radius 3 is 2.95 bits per heavy atom. The first-order valence-corrected chi connectivity index (χ1v) is 7.46. The molecule has 3 rings (SSSR count). The quantitative estimate of drug-likeness (QED) is 0.838. The van der Waals surface area contributed by atoms with Gasteiger partial charge in [0.05, 0.1) is 22.3 Å². The van der Waals surface area contributed by atoms with Crippen molar-refractivity contribution in [3.05, 3.63) is 39.9 Å². The van der Waals surface area contributed by atoms with E-state index in [1.807, 2.05) is 0 Å². The van der Waals surface area contributed by atoms with Gasteiger partial charge < -0.3 is 4.90 Å². The molecule has 0 saturated carbocycles. The van der Waals surface area contributed by atoms with Gasteiger partial charge in [0.2, 0.25) is 0 Å². The summed E-state index contributed by atoms with van der Waals surface area (Å²) in [6.45, 7) is 3.68. The average molecular weight is 307 g/mol. The fourth-order valence-electron chi connectivity index (χ4n) is 2.81. The topological polar surface area (TPSA) is 41.4 Å². The van der Waals surface area contributed by atoms with E-state index in [1.165, 1.54) is 0 Å². The lowest BCUT2D eigenvalue weighted by Gasteiger charge is -2.37. The van der Waals surface area contributed by atoms with Gasteiger partial charge in [-0.05, 0) is 26.2 Å². The summed E-state index contributed by atoms with van der Waals surface area (Å²) in [4.78, 5) is 21.5. The number of likely N-dealkylation sites (N-methyl/N-ethyl adjacent to an activating group) is 2. The molecule has 1 unspecified atom stereocenters. The number of halogens is 1. The number of para-hydroxylation sites is 1. The molecule has 1 aliphatic heterocycles. The Morgan fingerprint density at radius 1 is 1.33 bits per heavy atom. The Kier molecular flexibility index (Phi) is 3.97. The van der Waals surface area contributed by atoms with Crippen LogP contribution in [0.3, 0.4) is 0 Å². The van der Waals surface area contributed by atoms with E-state index >= 15 is 0 Å². The standard InChI is InChI=1S/C15H19ClN4O/c1-18-6-7-19(2)11(8-18)9-20-10-17-14-12(15(20)21)4-3-5-13(14)16/h3-5,10-11H,6-9H2,1-2H3. The number of hydrogen-bond donors (Lipinski definition) is 0. The lowest BCUT2D eigenvalue weighted by atomic mass is 10.2. The van der Waals surface area contributed by atoms with Gasteiger partial charge in [0, 0.05) is 32.2 Å².